The molecule has 0 radical (unpaired) electrons. The van der Waals surface area contributed by atoms with Gasteiger partial charge < -0.3 is 20.0 Å². The first-order chi connectivity index (χ1) is 17.7. The molecular formula is C29H41N5O3. The molecule has 1 aliphatic carbocycles. The average molecular weight is 508 g/mol. The van der Waals surface area contributed by atoms with Crippen LogP contribution in [0, 0.1) is 22.7 Å². The lowest BCUT2D eigenvalue weighted by molar-refractivity contribution is -0.124. The lowest BCUT2D eigenvalue weighted by Crippen LogP contribution is -2.57. The van der Waals surface area contributed by atoms with Crippen molar-refractivity contribution >= 4 is 22.7 Å². The van der Waals surface area contributed by atoms with Gasteiger partial charge in [-0.05, 0) is 62.0 Å². The molecule has 8 heteroatoms. The Morgan fingerprint density at radius 1 is 1.22 bits per heavy atom. The van der Waals surface area contributed by atoms with Crippen LogP contribution in [0.1, 0.15) is 78.6 Å². The van der Waals surface area contributed by atoms with Gasteiger partial charge in [0.25, 0.3) is 0 Å². The number of nitrogens with one attached hydrogen (secondary N) is 2. The maximum Gasteiger partial charge on any atom is 0.441 e. The van der Waals surface area contributed by atoms with Gasteiger partial charge in [0, 0.05) is 19.6 Å². The Labute approximate surface area is 219 Å². The number of para-hydroxylation sites is 1. The van der Waals surface area contributed by atoms with Crippen molar-refractivity contribution in [2.24, 2.45) is 11.3 Å². The van der Waals surface area contributed by atoms with E-state index < -0.39 is 17.3 Å². The molecule has 2 heterocycles. The molecule has 1 aromatic carbocycles. The fraction of sp³-hybridized carbons (Fsp3) is 0.655. The van der Waals surface area contributed by atoms with E-state index in [0.29, 0.717) is 36.0 Å². The van der Waals surface area contributed by atoms with Gasteiger partial charge in [-0.3, -0.25) is 4.79 Å². The van der Waals surface area contributed by atoms with Crippen molar-refractivity contribution < 1.29 is 9.21 Å². The zero-order chi connectivity index (χ0) is 26.5. The van der Waals surface area contributed by atoms with Gasteiger partial charge in [0.05, 0.1) is 11.5 Å². The number of hydrogen-bond acceptors (Lipinski definition) is 7. The highest BCUT2D eigenvalue weighted by molar-refractivity contribution is 5.91. The highest BCUT2D eigenvalue weighted by Crippen LogP contribution is 2.29. The van der Waals surface area contributed by atoms with Crippen molar-refractivity contribution in [1.29, 1.82) is 5.26 Å². The molecule has 37 heavy (non-hydrogen) atoms. The van der Waals surface area contributed by atoms with E-state index in [1.54, 1.807) is 12.1 Å². The summed E-state index contributed by atoms with van der Waals surface area (Å²) in [5.74, 6) is 0.143. The molecule has 1 aliphatic heterocycles. The van der Waals surface area contributed by atoms with E-state index in [1.807, 2.05) is 12.1 Å². The third-order valence-corrected chi connectivity index (χ3v) is 7.88. The largest absolute Gasteiger partial charge is 0.441 e. The lowest BCUT2D eigenvalue weighted by Gasteiger charge is -2.40. The van der Waals surface area contributed by atoms with Gasteiger partial charge in [-0.25, -0.2) is 4.79 Å². The summed E-state index contributed by atoms with van der Waals surface area (Å²) >= 11 is 0. The van der Waals surface area contributed by atoms with Crippen LogP contribution in [0.15, 0.2) is 33.5 Å². The molecule has 2 aliphatic rings. The van der Waals surface area contributed by atoms with Crippen LogP contribution in [0.5, 0.6) is 0 Å². The number of fused-ring (bicyclic) bond motifs is 1. The lowest BCUT2D eigenvalue weighted by atomic mass is 9.85. The molecule has 1 saturated heterocycles. The molecular weight excluding hydrogens is 466 g/mol. The summed E-state index contributed by atoms with van der Waals surface area (Å²) < 4.78 is 5.22. The van der Waals surface area contributed by atoms with Gasteiger partial charge in [0.15, 0.2) is 0 Å². The van der Waals surface area contributed by atoms with Crippen LogP contribution >= 0.6 is 0 Å². The van der Waals surface area contributed by atoms with Gasteiger partial charge in [-0.1, -0.05) is 52.2 Å². The molecule has 2 aromatic rings. The second kappa shape index (κ2) is 11.6. The minimum absolute atomic E-state index is 0.0167. The third kappa shape index (κ3) is 7.32. The molecule has 4 rings (SSSR count). The molecule has 1 atom stereocenters. The van der Waals surface area contributed by atoms with Crippen LogP contribution < -0.4 is 16.4 Å². The minimum Gasteiger partial charge on any atom is -0.408 e. The second-order valence-electron chi connectivity index (χ2n) is 12.1. The maximum atomic E-state index is 13.6. The number of nitrogens with zero attached hydrogens (tertiary/aromatic N) is 3. The van der Waals surface area contributed by atoms with Crippen LogP contribution in [-0.4, -0.2) is 47.0 Å². The number of carbonyl (C=O) groups excluding carboxylic acids is 1. The highest BCUT2D eigenvalue weighted by atomic mass is 16.4. The van der Waals surface area contributed by atoms with Crippen molar-refractivity contribution in [1.82, 2.24) is 15.2 Å². The number of hydrogen-bond donors (Lipinski definition) is 2. The molecule has 1 aromatic heterocycles. The van der Waals surface area contributed by atoms with E-state index in [9.17, 15) is 14.9 Å². The number of rotatable bonds is 8. The first kappa shape index (κ1) is 27.1. The van der Waals surface area contributed by atoms with Crippen LogP contribution in [0.2, 0.25) is 0 Å². The van der Waals surface area contributed by atoms with E-state index in [0.717, 1.165) is 32.0 Å². The molecule has 200 valence electrons. The first-order valence-corrected chi connectivity index (χ1v) is 13.8. The van der Waals surface area contributed by atoms with Gasteiger partial charge in [-0.15, -0.1) is 0 Å². The molecule has 2 fully saturated rings. The molecule has 2 N–H and O–H groups in total. The summed E-state index contributed by atoms with van der Waals surface area (Å²) in [4.78, 5) is 32.2. The Hall–Kier alpha value is -2.92. The fourth-order valence-electron chi connectivity index (χ4n) is 5.58. The second-order valence-corrected chi connectivity index (χ2v) is 12.1. The van der Waals surface area contributed by atoms with E-state index in [4.69, 9.17) is 4.42 Å². The predicted molar refractivity (Wildman–Crippen MR) is 145 cm³/mol. The molecule has 8 nitrogen and oxygen atoms in total. The zero-order valence-electron chi connectivity index (χ0n) is 22.5. The Balaban J connectivity index is 1.47. The minimum atomic E-state index is -0.882. The molecule has 0 unspecified atom stereocenters. The first-order valence-electron chi connectivity index (χ1n) is 13.8. The number of aromatic nitrogens is 1. The normalized spacial score (nSPS) is 19.7. The van der Waals surface area contributed by atoms with Gasteiger partial charge >= 0.3 is 5.76 Å². The van der Waals surface area contributed by atoms with Crippen molar-refractivity contribution in [3.63, 3.8) is 0 Å². The smallest absolute Gasteiger partial charge is 0.408 e. The van der Waals surface area contributed by atoms with E-state index in [1.165, 1.54) is 32.1 Å². The SMILES string of the molecule is CC(C)(C)CC[C@H](Nc1nc(=O)oc2ccccc12)C(=O)NC1(C#N)CCN(CC2CCCCC2)CC1. The van der Waals surface area contributed by atoms with Gasteiger partial charge in [0.1, 0.15) is 23.0 Å². The molecule has 0 spiro atoms. The quantitative estimate of drug-likeness (QED) is 0.525. The number of anilines is 1. The molecule has 1 saturated carbocycles. The van der Waals surface area contributed by atoms with Crippen molar-refractivity contribution in [2.75, 3.05) is 25.0 Å². The number of amides is 1. The van der Waals surface area contributed by atoms with Crippen LogP contribution in [0.3, 0.4) is 0 Å². The van der Waals surface area contributed by atoms with Crippen molar-refractivity contribution in [3.8, 4) is 6.07 Å². The summed E-state index contributed by atoms with van der Waals surface area (Å²) in [6, 6.07) is 8.94. The molecule has 1 amide bonds. The zero-order valence-corrected chi connectivity index (χ0v) is 22.5. The Morgan fingerprint density at radius 2 is 1.92 bits per heavy atom. The summed E-state index contributed by atoms with van der Waals surface area (Å²) in [7, 11) is 0. The van der Waals surface area contributed by atoms with Crippen LogP contribution in [0.4, 0.5) is 5.82 Å². The number of piperidine rings is 1. The Bertz CT molecular complexity index is 1160. The van der Waals surface area contributed by atoms with Crippen LogP contribution in [0.25, 0.3) is 11.0 Å². The highest BCUT2D eigenvalue weighted by Gasteiger charge is 2.38. The van der Waals surface area contributed by atoms with Crippen LogP contribution in [-0.2, 0) is 4.79 Å². The Morgan fingerprint density at radius 3 is 2.59 bits per heavy atom. The standard InChI is InChI=1S/C29H41N5O3/c1-28(2,3)14-13-23(31-25-22-11-7-8-12-24(22)37-27(36)32-25)26(35)33-29(20-30)15-17-34(18-16-29)19-21-9-5-4-6-10-21/h7-8,11-12,21,23H,4-6,9-10,13-19H2,1-3H3,(H,33,35)(H,31,32,36)/t23-/m0/s1. The number of carbonyl (C=O) groups is 1. The maximum absolute atomic E-state index is 13.6. The van der Waals surface area contributed by atoms with E-state index >= 15 is 0 Å². The monoisotopic (exact) mass is 507 g/mol. The topological polar surface area (TPSA) is 111 Å². The van der Waals surface area contributed by atoms with Gasteiger partial charge in [-0.2, -0.15) is 10.2 Å². The average Bonchev–Trinajstić information content (AvgIpc) is 2.87. The fourth-order valence-corrected chi connectivity index (χ4v) is 5.58. The van der Waals surface area contributed by atoms with Gasteiger partial charge in [0.2, 0.25) is 5.91 Å². The number of likely N-dealkylation sites (tertiary alicyclic amines) is 1. The summed E-state index contributed by atoms with van der Waals surface area (Å²) in [6.45, 7) is 9.12. The summed E-state index contributed by atoms with van der Waals surface area (Å²) in [6.07, 6.45) is 9.17. The van der Waals surface area contributed by atoms with E-state index in [2.05, 4.69) is 47.4 Å². The summed E-state index contributed by atoms with van der Waals surface area (Å²) in [5, 5.41) is 17.1. The number of benzene rings is 1. The Kier molecular flexibility index (Phi) is 8.53. The van der Waals surface area contributed by atoms with Crippen molar-refractivity contribution in [3.05, 3.63) is 34.8 Å². The molecule has 0 bridgehead atoms. The van der Waals surface area contributed by atoms with Crippen molar-refractivity contribution in [2.45, 2.75) is 90.1 Å². The number of nitriles is 1. The van der Waals surface area contributed by atoms with E-state index in [-0.39, 0.29) is 11.3 Å². The third-order valence-electron chi connectivity index (χ3n) is 7.88. The predicted octanol–water partition coefficient (Wildman–Crippen LogP) is 4.85. The summed E-state index contributed by atoms with van der Waals surface area (Å²) in [5.41, 5.74) is -0.450.